The van der Waals surface area contributed by atoms with E-state index >= 15 is 0 Å². The first-order valence-electron chi connectivity index (χ1n) is 8.80. The van der Waals surface area contributed by atoms with Crippen LogP contribution in [0, 0.1) is 13.8 Å². The predicted octanol–water partition coefficient (Wildman–Crippen LogP) is 5.05. The van der Waals surface area contributed by atoms with Crippen molar-refractivity contribution in [2.45, 2.75) is 26.8 Å². The molecule has 132 valence electrons. The molecule has 0 unspecified atom stereocenters. The average Bonchev–Trinajstić information content (AvgIpc) is 2.65. The standard InChI is InChI=1S/C21H21ClN4/c1-14-18(22)8-5-9-19(14)25-20-12-21(24-15(2)23-20)26-11-10-16-6-3-4-7-17(16)13-26/h3-9,12H,10-11,13H2,1-2H3,(H,23,24,25). The molecule has 0 saturated carbocycles. The molecule has 3 aromatic rings. The second-order valence-electron chi connectivity index (χ2n) is 6.64. The Morgan fingerprint density at radius 2 is 1.81 bits per heavy atom. The maximum atomic E-state index is 6.23. The van der Waals surface area contributed by atoms with Crippen LogP contribution in [0.2, 0.25) is 5.02 Å². The number of anilines is 3. The summed E-state index contributed by atoms with van der Waals surface area (Å²) in [4.78, 5) is 11.5. The number of fused-ring (bicyclic) bond motifs is 1. The Labute approximate surface area is 158 Å². The zero-order chi connectivity index (χ0) is 18.1. The van der Waals surface area contributed by atoms with Crippen LogP contribution in [-0.4, -0.2) is 16.5 Å². The summed E-state index contributed by atoms with van der Waals surface area (Å²) in [7, 11) is 0. The van der Waals surface area contributed by atoms with E-state index in [1.807, 2.05) is 38.1 Å². The monoisotopic (exact) mass is 364 g/mol. The van der Waals surface area contributed by atoms with Gasteiger partial charge in [0.25, 0.3) is 0 Å². The first-order valence-corrected chi connectivity index (χ1v) is 9.17. The first kappa shape index (κ1) is 16.9. The highest BCUT2D eigenvalue weighted by molar-refractivity contribution is 6.31. The third-order valence-electron chi connectivity index (χ3n) is 4.81. The van der Waals surface area contributed by atoms with Crippen molar-refractivity contribution in [1.29, 1.82) is 0 Å². The predicted molar refractivity (Wildman–Crippen MR) is 107 cm³/mol. The lowest BCUT2D eigenvalue weighted by Gasteiger charge is -2.30. The van der Waals surface area contributed by atoms with Crippen molar-refractivity contribution in [3.63, 3.8) is 0 Å². The molecule has 0 fully saturated rings. The largest absolute Gasteiger partial charge is 0.352 e. The normalized spacial score (nSPS) is 13.4. The molecule has 0 radical (unpaired) electrons. The number of halogens is 1. The molecule has 4 rings (SSSR count). The van der Waals surface area contributed by atoms with E-state index in [2.05, 4.69) is 44.5 Å². The van der Waals surface area contributed by atoms with Crippen LogP contribution in [0.5, 0.6) is 0 Å². The van der Waals surface area contributed by atoms with Crippen LogP contribution in [-0.2, 0) is 13.0 Å². The molecule has 26 heavy (non-hydrogen) atoms. The second-order valence-corrected chi connectivity index (χ2v) is 7.04. The van der Waals surface area contributed by atoms with Crippen molar-refractivity contribution in [2.24, 2.45) is 0 Å². The summed E-state index contributed by atoms with van der Waals surface area (Å²) < 4.78 is 0. The maximum Gasteiger partial charge on any atom is 0.136 e. The lowest BCUT2D eigenvalue weighted by molar-refractivity contribution is 0.717. The molecule has 0 atom stereocenters. The Bertz CT molecular complexity index is 954. The summed E-state index contributed by atoms with van der Waals surface area (Å²) in [6.07, 6.45) is 1.04. The summed E-state index contributed by atoms with van der Waals surface area (Å²) in [5, 5.41) is 4.13. The number of aryl methyl sites for hydroxylation is 1. The van der Waals surface area contributed by atoms with Gasteiger partial charge in [-0.25, -0.2) is 9.97 Å². The summed E-state index contributed by atoms with van der Waals surface area (Å²) >= 11 is 6.23. The fourth-order valence-corrected chi connectivity index (χ4v) is 3.52. The molecule has 1 aliphatic rings. The zero-order valence-electron chi connectivity index (χ0n) is 15.0. The van der Waals surface area contributed by atoms with Gasteiger partial charge in [-0.2, -0.15) is 0 Å². The van der Waals surface area contributed by atoms with E-state index in [-0.39, 0.29) is 0 Å². The van der Waals surface area contributed by atoms with Gasteiger partial charge in [0.1, 0.15) is 17.5 Å². The van der Waals surface area contributed by atoms with Gasteiger partial charge >= 0.3 is 0 Å². The molecule has 0 amide bonds. The zero-order valence-corrected chi connectivity index (χ0v) is 15.7. The molecule has 0 aliphatic carbocycles. The fraction of sp³-hybridized carbons (Fsp3) is 0.238. The molecule has 2 heterocycles. The van der Waals surface area contributed by atoms with Gasteiger partial charge in [-0.1, -0.05) is 41.9 Å². The molecule has 4 nitrogen and oxygen atoms in total. The van der Waals surface area contributed by atoms with E-state index in [4.69, 9.17) is 11.6 Å². The highest BCUT2D eigenvalue weighted by atomic mass is 35.5. The fourth-order valence-electron chi connectivity index (χ4n) is 3.35. The van der Waals surface area contributed by atoms with E-state index in [0.29, 0.717) is 0 Å². The first-order chi connectivity index (χ1) is 12.6. The van der Waals surface area contributed by atoms with Crippen LogP contribution in [0.3, 0.4) is 0 Å². The van der Waals surface area contributed by atoms with Gasteiger partial charge in [0.15, 0.2) is 0 Å². The third kappa shape index (κ3) is 3.37. The number of benzene rings is 2. The van der Waals surface area contributed by atoms with Gasteiger partial charge in [0.05, 0.1) is 0 Å². The highest BCUT2D eigenvalue weighted by Gasteiger charge is 2.18. The van der Waals surface area contributed by atoms with Gasteiger partial charge < -0.3 is 10.2 Å². The van der Waals surface area contributed by atoms with Crippen molar-refractivity contribution in [3.8, 4) is 0 Å². The molecule has 2 aromatic carbocycles. The Kier molecular flexibility index (Phi) is 4.51. The summed E-state index contributed by atoms with van der Waals surface area (Å²) in [6.45, 7) is 5.77. The molecular formula is C21H21ClN4. The molecule has 5 heteroatoms. The minimum Gasteiger partial charge on any atom is -0.352 e. The quantitative estimate of drug-likeness (QED) is 0.705. The van der Waals surface area contributed by atoms with Crippen LogP contribution >= 0.6 is 11.6 Å². The summed E-state index contributed by atoms with van der Waals surface area (Å²) in [6, 6.07) is 16.5. The van der Waals surface area contributed by atoms with Crippen LogP contribution in [0.4, 0.5) is 17.3 Å². The number of hydrogen-bond donors (Lipinski definition) is 1. The smallest absolute Gasteiger partial charge is 0.136 e. The molecular weight excluding hydrogens is 344 g/mol. The topological polar surface area (TPSA) is 41.1 Å². The van der Waals surface area contributed by atoms with Gasteiger partial charge in [-0.15, -0.1) is 0 Å². The Morgan fingerprint density at radius 1 is 1.00 bits per heavy atom. The summed E-state index contributed by atoms with van der Waals surface area (Å²) in [5.41, 5.74) is 4.78. The van der Waals surface area contributed by atoms with Crippen molar-refractivity contribution in [3.05, 3.63) is 76.1 Å². The van der Waals surface area contributed by atoms with E-state index in [1.165, 1.54) is 11.1 Å². The van der Waals surface area contributed by atoms with Gasteiger partial charge in [0.2, 0.25) is 0 Å². The Balaban J connectivity index is 1.62. The van der Waals surface area contributed by atoms with Crippen LogP contribution in [0.1, 0.15) is 22.5 Å². The average molecular weight is 365 g/mol. The van der Waals surface area contributed by atoms with Crippen molar-refractivity contribution < 1.29 is 0 Å². The van der Waals surface area contributed by atoms with Crippen LogP contribution in [0.25, 0.3) is 0 Å². The number of nitrogens with one attached hydrogen (secondary N) is 1. The number of nitrogens with zero attached hydrogens (tertiary/aromatic N) is 3. The van der Waals surface area contributed by atoms with E-state index in [0.717, 1.165) is 53.2 Å². The van der Waals surface area contributed by atoms with Crippen LogP contribution < -0.4 is 10.2 Å². The van der Waals surface area contributed by atoms with E-state index in [1.54, 1.807) is 0 Å². The Morgan fingerprint density at radius 3 is 2.65 bits per heavy atom. The highest BCUT2D eigenvalue weighted by Crippen LogP contribution is 2.28. The second kappa shape index (κ2) is 6.96. The lowest BCUT2D eigenvalue weighted by atomic mass is 10.00. The van der Waals surface area contributed by atoms with Gasteiger partial charge in [-0.05, 0) is 49.1 Å². The molecule has 1 aliphatic heterocycles. The van der Waals surface area contributed by atoms with Crippen molar-refractivity contribution in [1.82, 2.24) is 9.97 Å². The lowest BCUT2D eigenvalue weighted by Crippen LogP contribution is -2.31. The van der Waals surface area contributed by atoms with Gasteiger partial charge in [0, 0.05) is 29.9 Å². The van der Waals surface area contributed by atoms with E-state index < -0.39 is 0 Å². The minimum absolute atomic E-state index is 0.744. The SMILES string of the molecule is Cc1nc(Nc2cccc(Cl)c2C)cc(N2CCc3ccccc3C2)n1. The van der Waals surface area contributed by atoms with Gasteiger partial charge in [-0.3, -0.25) is 0 Å². The maximum absolute atomic E-state index is 6.23. The van der Waals surface area contributed by atoms with Crippen molar-refractivity contribution in [2.75, 3.05) is 16.8 Å². The van der Waals surface area contributed by atoms with Crippen LogP contribution in [0.15, 0.2) is 48.5 Å². The van der Waals surface area contributed by atoms with E-state index in [9.17, 15) is 0 Å². The molecule has 0 spiro atoms. The molecule has 1 aromatic heterocycles. The van der Waals surface area contributed by atoms with Crippen molar-refractivity contribution >= 4 is 28.9 Å². The number of rotatable bonds is 3. The Hall–Kier alpha value is -2.59. The molecule has 0 bridgehead atoms. The third-order valence-corrected chi connectivity index (χ3v) is 5.22. The summed E-state index contributed by atoms with van der Waals surface area (Å²) in [5.74, 6) is 2.49. The number of aromatic nitrogens is 2. The molecule has 1 N–H and O–H groups in total. The minimum atomic E-state index is 0.744. The molecule has 0 saturated heterocycles. The number of hydrogen-bond acceptors (Lipinski definition) is 4.